The summed E-state index contributed by atoms with van der Waals surface area (Å²) in [6.45, 7) is 5.94. The molecular formula is C33H27ClN2O4S2. The van der Waals surface area contributed by atoms with Gasteiger partial charge in [0.25, 0.3) is 0 Å². The van der Waals surface area contributed by atoms with Gasteiger partial charge in [-0.1, -0.05) is 52.8 Å². The van der Waals surface area contributed by atoms with E-state index in [4.69, 9.17) is 16.4 Å². The second kappa shape index (κ2) is 13.0. The van der Waals surface area contributed by atoms with E-state index in [1.165, 1.54) is 30.4 Å². The van der Waals surface area contributed by atoms with Gasteiger partial charge in [0.05, 0.1) is 11.4 Å². The number of aryl methyl sites for hydroxylation is 1. The predicted molar refractivity (Wildman–Crippen MR) is 170 cm³/mol. The quantitative estimate of drug-likeness (QED) is 0.0616. The molecule has 42 heavy (non-hydrogen) atoms. The third-order valence-corrected chi connectivity index (χ3v) is 9.06. The lowest BCUT2D eigenvalue weighted by atomic mass is 9.99. The van der Waals surface area contributed by atoms with Gasteiger partial charge in [-0.05, 0) is 80.1 Å². The molecule has 212 valence electrons. The molecule has 9 heteroatoms. The van der Waals surface area contributed by atoms with Crippen LogP contribution in [0, 0.1) is 6.92 Å². The van der Waals surface area contributed by atoms with Gasteiger partial charge >= 0.3 is 5.97 Å². The number of ketones is 2. The van der Waals surface area contributed by atoms with Crippen molar-refractivity contribution >= 4 is 69.7 Å². The van der Waals surface area contributed by atoms with E-state index in [0.29, 0.717) is 28.3 Å². The zero-order valence-electron chi connectivity index (χ0n) is 23.2. The summed E-state index contributed by atoms with van der Waals surface area (Å²) < 4.78 is 0. The average Bonchev–Trinajstić information content (AvgIpc) is 2.99. The highest BCUT2D eigenvalue weighted by atomic mass is 35.5. The molecule has 0 amide bonds. The summed E-state index contributed by atoms with van der Waals surface area (Å²) in [4.78, 5) is 48.2. The zero-order valence-corrected chi connectivity index (χ0v) is 25.6. The Morgan fingerprint density at radius 2 is 1.55 bits per heavy atom. The SMILES string of the molecule is CCN1c2ccc(C(=O)/C(CSc3ccc(Cl)cc3)=N/OC(C)=O)cc2Sc2cc(C(=O)c3ccccc3C)ccc21. The third-order valence-electron chi connectivity index (χ3n) is 6.69. The number of carbonyl (C=O) groups excluding carboxylic acids is 3. The molecule has 6 nitrogen and oxygen atoms in total. The van der Waals surface area contributed by atoms with Crippen LogP contribution in [0.25, 0.3) is 0 Å². The van der Waals surface area contributed by atoms with Crippen LogP contribution in [-0.2, 0) is 9.63 Å². The van der Waals surface area contributed by atoms with Crippen LogP contribution >= 0.6 is 35.1 Å². The first-order chi connectivity index (χ1) is 20.2. The van der Waals surface area contributed by atoms with Gasteiger partial charge in [0, 0.05) is 55.6 Å². The first-order valence-corrected chi connectivity index (χ1v) is 15.4. The highest BCUT2D eigenvalue weighted by Gasteiger charge is 2.26. The van der Waals surface area contributed by atoms with Crippen LogP contribution in [0.2, 0.25) is 5.02 Å². The van der Waals surface area contributed by atoms with E-state index < -0.39 is 5.97 Å². The number of Topliss-reactive ketones (excluding diaryl/α,β-unsaturated/α-hetero) is 1. The maximum absolute atomic E-state index is 13.6. The normalized spacial score (nSPS) is 12.4. The molecule has 0 fully saturated rings. The Morgan fingerprint density at radius 1 is 0.905 bits per heavy atom. The molecule has 0 N–H and O–H groups in total. The van der Waals surface area contributed by atoms with E-state index in [9.17, 15) is 14.4 Å². The molecule has 1 aliphatic heterocycles. The largest absolute Gasteiger partial charge is 0.340 e. The predicted octanol–water partition coefficient (Wildman–Crippen LogP) is 8.40. The number of hydrogen-bond acceptors (Lipinski definition) is 8. The molecule has 0 spiro atoms. The van der Waals surface area contributed by atoms with Gasteiger partial charge in [0.2, 0.25) is 5.78 Å². The minimum atomic E-state index is -0.607. The molecule has 4 aromatic carbocycles. The average molecular weight is 615 g/mol. The number of fused-ring (bicyclic) bond motifs is 2. The second-order valence-electron chi connectivity index (χ2n) is 9.55. The van der Waals surface area contributed by atoms with Gasteiger partial charge in [0.15, 0.2) is 5.78 Å². The zero-order chi connectivity index (χ0) is 29.8. The second-order valence-corrected chi connectivity index (χ2v) is 12.1. The van der Waals surface area contributed by atoms with Crippen molar-refractivity contribution in [1.29, 1.82) is 0 Å². The van der Waals surface area contributed by atoms with Crippen molar-refractivity contribution < 1.29 is 19.2 Å². The number of carbonyl (C=O) groups is 3. The van der Waals surface area contributed by atoms with Crippen molar-refractivity contribution in [3.05, 3.63) is 112 Å². The maximum atomic E-state index is 13.6. The summed E-state index contributed by atoms with van der Waals surface area (Å²) in [5.74, 6) is -0.770. The molecule has 0 saturated heterocycles. The number of benzene rings is 4. The number of anilines is 2. The molecule has 1 heterocycles. The molecule has 0 unspecified atom stereocenters. The van der Waals surface area contributed by atoms with Crippen LogP contribution < -0.4 is 4.90 Å². The molecule has 5 rings (SSSR count). The standard InChI is InChI=1S/C33H27ClN2O4S2/c1-4-36-28-15-9-22(32(38)26-8-6-5-7-20(26)2)17-30(28)42-31-18-23(10-16-29(31)36)33(39)27(35-40-21(3)37)19-41-25-13-11-24(34)12-14-25/h5-18H,4,19H2,1-3H3/b35-27+. The Bertz CT molecular complexity index is 1720. The first-order valence-electron chi connectivity index (χ1n) is 13.3. The number of thioether (sulfide) groups is 1. The lowest BCUT2D eigenvalue weighted by Gasteiger charge is -2.32. The fourth-order valence-electron chi connectivity index (χ4n) is 4.59. The smallest absolute Gasteiger partial charge is 0.331 e. The summed E-state index contributed by atoms with van der Waals surface area (Å²) >= 11 is 8.90. The molecule has 0 aliphatic carbocycles. The molecule has 0 radical (unpaired) electrons. The molecule has 1 aliphatic rings. The van der Waals surface area contributed by atoms with Gasteiger partial charge in [-0.25, -0.2) is 4.79 Å². The number of hydrogen-bond donors (Lipinski definition) is 0. The molecule has 0 atom stereocenters. The molecule has 4 aromatic rings. The Morgan fingerprint density at radius 3 is 2.19 bits per heavy atom. The number of rotatable bonds is 9. The van der Waals surface area contributed by atoms with E-state index in [-0.39, 0.29) is 23.0 Å². The lowest BCUT2D eigenvalue weighted by molar-refractivity contribution is -0.140. The monoisotopic (exact) mass is 614 g/mol. The number of nitrogens with zero attached hydrogens (tertiary/aromatic N) is 2. The van der Waals surface area contributed by atoms with Gasteiger partial charge in [-0.2, -0.15) is 0 Å². The first kappa shape index (κ1) is 29.6. The molecule has 0 aromatic heterocycles. The summed E-state index contributed by atoms with van der Waals surface area (Å²) in [5, 5.41) is 4.51. The number of oxime groups is 1. The Kier molecular flexibility index (Phi) is 9.16. The van der Waals surface area contributed by atoms with Gasteiger partial charge in [-0.3, -0.25) is 9.59 Å². The van der Waals surface area contributed by atoms with Crippen molar-refractivity contribution in [1.82, 2.24) is 0 Å². The number of halogens is 1. The lowest BCUT2D eigenvalue weighted by Crippen LogP contribution is -2.22. The van der Waals surface area contributed by atoms with Gasteiger partial charge in [0.1, 0.15) is 5.71 Å². The van der Waals surface area contributed by atoms with E-state index in [0.717, 1.165) is 31.6 Å². The third kappa shape index (κ3) is 6.46. The summed E-state index contributed by atoms with van der Waals surface area (Å²) in [6, 6.07) is 26.1. The fraction of sp³-hybridized carbons (Fsp3) is 0.152. The van der Waals surface area contributed by atoms with Crippen LogP contribution in [0.3, 0.4) is 0 Å². The minimum Gasteiger partial charge on any atom is -0.340 e. The molecule has 0 saturated carbocycles. The molecular weight excluding hydrogens is 588 g/mol. The Labute approximate surface area is 258 Å². The highest BCUT2D eigenvalue weighted by molar-refractivity contribution is 8.00. The van der Waals surface area contributed by atoms with E-state index >= 15 is 0 Å². The fourth-order valence-corrected chi connectivity index (χ4v) is 6.71. The van der Waals surface area contributed by atoms with Crippen LogP contribution in [0.15, 0.2) is 105 Å². The highest BCUT2D eigenvalue weighted by Crippen LogP contribution is 2.48. The van der Waals surface area contributed by atoms with Crippen molar-refractivity contribution in [2.75, 3.05) is 17.2 Å². The topological polar surface area (TPSA) is 76.0 Å². The van der Waals surface area contributed by atoms with Gasteiger partial charge < -0.3 is 9.74 Å². The van der Waals surface area contributed by atoms with Crippen LogP contribution in [0.5, 0.6) is 0 Å². The van der Waals surface area contributed by atoms with E-state index in [1.807, 2.05) is 73.7 Å². The Hall–Kier alpha value is -3.85. The van der Waals surface area contributed by atoms with Crippen LogP contribution in [0.1, 0.15) is 45.7 Å². The van der Waals surface area contributed by atoms with Crippen LogP contribution in [-0.4, -0.2) is 35.5 Å². The summed E-state index contributed by atoms with van der Waals surface area (Å²) in [6.07, 6.45) is 0. The van der Waals surface area contributed by atoms with Crippen molar-refractivity contribution in [3.8, 4) is 0 Å². The Balaban J connectivity index is 1.44. The van der Waals surface area contributed by atoms with Crippen LogP contribution in [0.4, 0.5) is 11.4 Å². The van der Waals surface area contributed by atoms with Gasteiger partial charge in [-0.15, -0.1) is 11.8 Å². The van der Waals surface area contributed by atoms with Crippen molar-refractivity contribution in [2.45, 2.75) is 35.5 Å². The van der Waals surface area contributed by atoms with Crippen molar-refractivity contribution in [2.24, 2.45) is 5.16 Å². The summed E-state index contributed by atoms with van der Waals surface area (Å²) in [7, 11) is 0. The maximum Gasteiger partial charge on any atom is 0.331 e. The minimum absolute atomic E-state index is 0.0289. The molecule has 0 bridgehead atoms. The van der Waals surface area contributed by atoms with E-state index in [1.54, 1.807) is 18.2 Å². The summed E-state index contributed by atoms with van der Waals surface area (Å²) in [5.41, 5.74) is 4.73. The van der Waals surface area contributed by atoms with Crippen molar-refractivity contribution in [3.63, 3.8) is 0 Å². The van der Waals surface area contributed by atoms with E-state index in [2.05, 4.69) is 17.0 Å².